The van der Waals surface area contributed by atoms with Gasteiger partial charge in [0.05, 0.1) is 21.0 Å². The van der Waals surface area contributed by atoms with Crippen molar-refractivity contribution in [3.8, 4) is 6.07 Å². The van der Waals surface area contributed by atoms with E-state index in [0.29, 0.717) is 37.6 Å². The van der Waals surface area contributed by atoms with Crippen LogP contribution in [0.2, 0.25) is 5.02 Å². The Morgan fingerprint density at radius 1 is 1.23 bits per heavy atom. The molecule has 1 aliphatic rings. The molecule has 158 valence electrons. The zero-order valence-corrected chi connectivity index (χ0v) is 18.2. The van der Waals surface area contributed by atoms with Crippen LogP contribution in [0, 0.1) is 11.3 Å². The smallest absolute Gasteiger partial charge is 0.255 e. The molecule has 8 nitrogen and oxygen atoms in total. The second-order valence-electron chi connectivity index (χ2n) is 7.18. The minimum Gasteiger partial charge on any atom is -0.352 e. The lowest BCUT2D eigenvalue weighted by Gasteiger charge is -2.35. The van der Waals surface area contributed by atoms with Crippen molar-refractivity contribution in [3.05, 3.63) is 52.7 Å². The van der Waals surface area contributed by atoms with Gasteiger partial charge in [0.25, 0.3) is 5.91 Å². The van der Waals surface area contributed by atoms with E-state index >= 15 is 0 Å². The molecular weight excluding hydrogens is 426 g/mol. The van der Waals surface area contributed by atoms with Gasteiger partial charge < -0.3 is 9.80 Å². The molecule has 1 amide bonds. The van der Waals surface area contributed by atoms with Crippen LogP contribution in [0.1, 0.15) is 29.8 Å². The van der Waals surface area contributed by atoms with Gasteiger partial charge in [-0.2, -0.15) is 5.26 Å². The average molecular weight is 448 g/mol. The average Bonchev–Trinajstić information content (AvgIpc) is 2.72. The largest absolute Gasteiger partial charge is 0.352 e. The molecule has 2 aromatic rings. The molecule has 10 heteroatoms. The summed E-state index contributed by atoms with van der Waals surface area (Å²) >= 11 is 6.21. The second-order valence-corrected chi connectivity index (χ2v) is 9.30. The fraction of sp³-hybridized carbons (Fsp3) is 0.350. The van der Waals surface area contributed by atoms with E-state index in [1.54, 1.807) is 37.1 Å². The quantitative estimate of drug-likeness (QED) is 0.753. The molecule has 1 aromatic heterocycles. The van der Waals surface area contributed by atoms with Crippen molar-refractivity contribution in [1.82, 2.24) is 14.6 Å². The predicted molar refractivity (Wildman–Crippen MR) is 114 cm³/mol. The number of nitrogens with zero attached hydrogens (tertiary/aromatic N) is 4. The molecule has 1 aliphatic heterocycles. The van der Waals surface area contributed by atoms with E-state index in [4.69, 9.17) is 11.6 Å². The highest BCUT2D eigenvalue weighted by Crippen LogP contribution is 2.24. The number of nitrogens with one attached hydrogen (secondary N) is 1. The fourth-order valence-electron chi connectivity index (χ4n) is 3.24. The monoisotopic (exact) mass is 447 g/mol. The van der Waals surface area contributed by atoms with Crippen LogP contribution in [0.15, 0.2) is 41.4 Å². The Morgan fingerprint density at radius 3 is 2.57 bits per heavy atom. The molecule has 0 spiro atoms. The third-order valence-corrected chi connectivity index (χ3v) is 6.63. The second kappa shape index (κ2) is 9.00. The number of aromatic nitrogens is 1. The van der Waals surface area contributed by atoms with E-state index in [2.05, 4.69) is 15.8 Å². The SMILES string of the molecule is CC(C)NS(=O)(=O)c1ccc(Cl)c(C(=O)N2CCN(c3ncccc3C#N)CC2)c1. The summed E-state index contributed by atoms with van der Waals surface area (Å²) in [6, 6.07) is 9.38. The minimum atomic E-state index is -3.74. The lowest BCUT2D eigenvalue weighted by atomic mass is 10.1. The number of piperazine rings is 1. The van der Waals surface area contributed by atoms with Gasteiger partial charge in [-0.15, -0.1) is 0 Å². The predicted octanol–water partition coefficient (Wildman–Crippen LogP) is 2.26. The number of halogens is 1. The number of hydrogen-bond acceptors (Lipinski definition) is 6. The fourth-order valence-corrected chi connectivity index (χ4v) is 4.72. The van der Waals surface area contributed by atoms with Crippen LogP contribution in [-0.4, -0.2) is 56.4 Å². The molecule has 1 aromatic carbocycles. The number of anilines is 1. The van der Waals surface area contributed by atoms with Gasteiger partial charge in [0, 0.05) is 38.4 Å². The Morgan fingerprint density at radius 2 is 1.93 bits per heavy atom. The number of sulfonamides is 1. The lowest BCUT2D eigenvalue weighted by Crippen LogP contribution is -2.49. The van der Waals surface area contributed by atoms with Gasteiger partial charge in [0.15, 0.2) is 0 Å². The van der Waals surface area contributed by atoms with Gasteiger partial charge in [-0.3, -0.25) is 4.79 Å². The highest BCUT2D eigenvalue weighted by Gasteiger charge is 2.27. The van der Waals surface area contributed by atoms with E-state index in [1.807, 2.05) is 4.90 Å². The molecule has 2 heterocycles. The number of rotatable bonds is 5. The summed E-state index contributed by atoms with van der Waals surface area (Å²) in [6.07, 6.45) is 1.63. The summed E-state index contributed by atoms with van der Waals surface area (Å²) in [7, 11) is -3.74. The van der Waals surface area contributed by atoms with E-state index < -0.39 is 10.0 Å². The van der Waals surface area contributed by atoms with Crippen molar-refractivity contribution < 1.29 is 13.2 Å². The Labute approximate surface area is 181 Å². The molecule has 0 atom stereocenters. The summed E-state index contributed by atoms with van der Waals surface area (Å²) in [6.45, 7) is 5.25. The maximum absolute atomic E-state index is 13.0. The van der Waals surface area contributed by atoms with Crippen LogP contribution >= 0.6 is 11.6 Å². The van der Waals surface area contributed by atoms with E-state index in [-0.39, 0.29) is 27.4 Å². The summed E-state index contributed by atoms with van der Waals surface area (Å²) in [4.78, 5) is 20.9. The molecule has 0 unspecified atom stereocenters. The molecule has 1 fully saturated rings. The van der Waals surface area contributed by atoms with Crippen molar-refractivity contribution >= 4 is 33.3 Å². The van der Waals surface area contributed by atoms with Crippen LogP contribution in [0.4, 0.5) is 5.82 Å². The zero-order valence-electron chi connectivity index (χ0n) is 16.7. The Bertz CT molecular complexity index is 1090. The van der Waals surface area contributed by atoms with Crippen LogP contribution in [0.3, 0.4) is 0 Å². The first kappa shape index (κ1) is 22.0. The molecule has 1 saturated heterocycles. The van der Waals surface area contributed by atoms with Gasteiger partial charge in [0.2, 0.25) is 10.0 Å². The maximum Gasteiger partial charge on any atom is 0.255 e. The Hall–Kier alpha value is -2.67. The van der Waals surface area contributed by atoms with Crippen molar-refractivity contribution in [2.45, 2.75) is 24.8 Å². The Balaban J connectivity index is 1.77. The number of benzene rings is 1. The van der Waals surface area contributed by atoms with Crippen LogP contribution in [0.5, 0.6) is 0 Å². The van der Waals surface area contributed by atoms with Gasteiger partial charge in [-0.25, -0.2) is 18.1 Å². The van der Waals surface area contributed by atoms with E-state index in [9.17, 15) is 18.5 Å². The van der Waals surface area contributed by atoms with Crippen molar-refractivity contribution in [1.29, 1.82) is 5.26 Å². The van der Waals surface area contributed by atoms with Crippen LogP contribution in [-0.2, 0) is 10.0 Å². The minimum absolute atomic E-state index is 0.00488. The number of pyridine rings is 1. The first-order valence-corrected chi connectivity index (χ1v) is 11.3. The summed E-state index contributed by atoms with van der Waals surface area (Å²) in [5, 5.41) is 9.46. The van der Waals surface area contributed by atoms with E-state index in [0.717, 1.165) is 0 Å². The van der Waals surface area contributed by atoms with Gasteiger partial charge in [-0.1, -0.05) is 11.6 Å². The number of amides is 1. The van der Waals surface area contributed by atoms with Crippen molar-refractivity contribution in [2.24, 2.45) is 0 Å². The molecule has 1 N–H and O–H groups in total. The standard InChI is InChI=1S/C20H22ClN5O3S/c1-14(2)24-30(28,29)16-5-6-18(21)17(12-16)20(27)26-10-8-25(9-11-26)19-15(13-22)4-3-7-23-19/h3-7,12,14,24H,8-11H2,1-2H3. The number of carbonyl (C=O) groups is 1. The number of hydrogen-bond donors (Lipinski definition) is 1. The lowest BCUT2D eigenvalue weighted by molar-refractivity contribution is 0.0746. The highest BCUT2D eigenvalue weighted by molar-refractivity contribution is 7.89. The van der Waals surface area contributed by atoms with Gasteiger partial charge >= 0.3 is 0 Å². The summed E-state index contributed by atoms with van der Waals surface area (Å²) < 4.78 is 27.4. The third kappa shape index (κ3) is 4.73. The number of nitriles is 1. The molecule has 0 radical (unpaired) electrons. The van der Waals surface area contributed by atoms with Crippen molar-refractivity contribution in [2.75, 3.05) is 31.1 Å². The van der Waals surface area contributed by atoms with Crippen molar-refractivity contribution in [3.63, 3.8) is 0 Å². The molecule has 30 heavy (non-hydrogen) atoms. The maximum atomic E-state index is 13.0. The summed E-state index contributed by atoms with van der Waals surface area (Å²) in [5.41, 5.74) is 0.628. The summed E-state index contributed by atoms with van der Waals surface area (Å²) in [5.74, 6) is 0.265. The molecule has 0 aliphatic carbocycles. The highest BCUT2D eigenvalue weighted by atomic mass is 35.5. The van der Waals surface area contributed by atoms with E-state index in [1.165, 1.54) is 18.2 Å². The molecule has 0 saturated carbocycles. The zero-order chi connectivity index (χ0) is 21.9. The van der Waals surface area contributed by atoms with Gasteiger partial charge in [0.1, 0.15) is 11.9 Å². The molecule has 3 rings (SSSR count). The third-order valence-electron chi connectivity index (χ3n) is 4.64. The van der Waals surface area contributed by atoms with Gasteiger partial charge in [-0.05, 0) is 44.2 Å². The molecular formula is C20H22ClN5O3S. The number of carbonyl (C=O) groups excluding carboxylic acids is 1. The first-order valence-electron chi connectivity index (χ1n) is 9.44. The van der Waals surface area contributed by atoms with Crippen LogP contribution < -0.4 is 9.62 Å². The normalized spacial score (nSPS) is 14.6. The van der Waals surface area contributed by atoms with Crippen LogP contribution in [0.25, 0.3) is 0 Å². The molecule has 0 bridgehead atoms. The topological polar surface area (TPSA) is 106 Å². The Kier molecular flexibility index (Phi) is 6.61. The first-order chi connectivity index (χ1) is 14.2.